The smallest absolute Gasteiger partial charge is 0.230 e. The first-order valence-electron chi connectivity index (χ1n) is 10.2. The van der Waals surface area contributed by atoms with Crippen molar-refractivity contribution in [1.82, 2.24) is 15.0 Å². The molecule has 138 valence electrons. The molecule has 1 aromatic rings. The van der Waals surface area contributed by atoms with E-state index in [0.29, 0.717) is 23.8 Å². The molecule has 1 saturated carbocycles. The quantitative estimate of drug-likeness (QED) is 0.906. The molecule has 1 aliphatic carbocycles. The average molecular weight is 345 g/mol. The van der Waals surface area contributed by atoms with E-state index in [1.165, 1.54) is 51.4 Å². The fourth-order valence-corrected chi connectivity index (χ4v) is 4.87. The Balaban J connectivity index is 1.58. The van der Waals surface area contributed by atoms with Gasteiger partial charge >= 0.3 is 0 Å². The number of hydrogen-bond donors (Lipinski definition) is 1. The van der Waals surface area contributed by atoms with Gasteiger partial charge in [0.15, 0.2) is 0 Å². The summed E-state index contributed by atoms with van der Waals surface area (Å²) < 4.78 is 5.57. The lowest BCUT2D eigenvalue weighted by Gasteiger charge is -2.42. The third-order valence-corrected chi connectivity index (χ3v) is 6.24. The van der Waals surface area contributed by atoms with Crippen molar-refractivity contribution in [3.8, 4) is 0 Å². The van der Waals surface area contributed by atoms with E-state index < -0.39 is 0 Å². The molecular formula is C19H31N5O. The monoisotopic (exact) mass is 345 g/mol. The Hall–Kier alpha value is -1.43. The maximum Gasteiger partial charge on any atom is 0.230 e. The fourth-order valence-electron chi connectivity index (χ4n) is 4.87. The molecule has 25 heavy (non-hydrogen) atoms. The van der Waals surface area contributed by atoms with Crippen LogP contribution in [0.15, 0.2) is 0 Å². The number of piperidine rings is 1. The zero-order valence-corrected chi connectivity index (χ0v) is 15.2. The second-order valence-corrected chi connectivity index (χ2v) is 7.89. The first kappa shape index (κ1) is 17.0. The van der Waals surface area contributed by atoms with Crippen LogP contribution < -0.4 is 10.6 Å². The first-order chi connectivity index (χ1) is 12.3. The number of nitrogens with zero attached hydrogens (tertiary/aromatic N) is 4. The van der Waals surface area contributed by atoms with Gasteiger partial charge in [0, 0.05) is 31.7 Å². The third kappa shape index (κ3) is 3.89. The SMILES string of the molecule is Nc1nc(C2CCCCC2)nc(N2CCCCC2C2CCOCC2)n1. The molecule has 6 nitrogen and oxygen atoms in total. The summed E-state index contributed by atoms with van der Waals surface area (Å²) in [5.74, 6) is 3.29. The lowest BCUT2D eigenvalue weighted by atomic mass is 9.85. The van der Waals surface area contributed by atoms with Crippen LogP contribution in [-0.4, -0.2) is 40.8 Å². The number of nitrogen functional groups attached to an aromatic ring is 1. The van der Waals surface area contributed by atoms with Gasteiger partial charge in [-0.2, -0.15) is 15.0 Å². The van der Waals surface area contributed by atoms with E-state index in [-0.39, 0.29) is 0 Å². The van der Waals surface area contributed by atoms with E-state index in [1.54, 1.807) is 0 Å². The highest BCUT2D eigenvalue weighted by molar-refractivity contribution is 5.37. The van der Waals surface area contributed by atoms with Crippen molar-refractivity contribution >= 4 is 11.9 Å². The van der Waals surface area contributed by atoms with Crippen LogP contribution in [0.25, 0.3) is 0 Å². The summed E-state index contributed by atoms with van der Waals surface area (Å²) in [5, 5.41) is 0. The summed E-state index contributed by atoms with van der Waals surface area (Å²) in [4.78, 5) is 16.4. The van der Waals surface area contributed by atoms with Crippen LogP contribution >= 0.6 is 0 Å². The molecule has 2 saturated heterocycles. The third-order valence-electron chi connectivity index (χ3n) is 6.24. The largest absolute Gasteiger partial charge is 0.381 e. The van der Waals surface area contributed by atoms with Crippen LogP contribution in [-0.2, 0) is 4.74 Å². The fraction of sp³-hybridized carbons (Fsp3) is 0.842. The van der Waals surface area contributed by atoms with Crippen molar-refractivity contribution in [2.45, 2.75) is 76.2 Å². The van der Waals surface area contributed by atoms with Gasteiger partial charge < -0.3 is 15.4 Å². The number of aromatic nitrogens is 3. The zero-order chi connectivity index (χ0) is 17.1. The number of rotatable bonds is 3. The molecule has 4 rings (SSSR count). The van der Waals surface area contributed by atoms with E-state index in [1.807, 2.05) is 0 Å². The number of nitrogens with two attached hydrogens (primary N) is 1. The second kappa shape index (κ2) is 7.85. The van der Waals surface area contributed by atoms with Gasteiger partial charge in [-0.05, 0) is 50.9 Å². The summed E-state index contributed by atoms with van der Waals surface area (Å²) >= 11 is 0. The maximum absolute atomic E-state index is 6.09. The van der Waals surface area contributed by atoms with Crippen molar-refractivity contribution in [3.05, 3.63) is 5.82 Å². The van der Waals surface area contributed by atoms with Gasteiger partial charge in [0.05, 0.1) is 0 Å². The zero-order valence-electron chi connectivity index (χ0n) is 15.2. The molecule has 1 atom stereocenters. The predicted octanol–water partition coefficient (Wildman–Crippen LogP) is 3.29. The van der Waals surface area contributed by atoms with Gasteiger partial charge in [-0.1, -0.05) is 19.3 Å². The topological polar surface area (TPSA) is 77.2 Å². The molecule has 0 amide bonds. The standard InChI is InChI=1S/C19H31N5O/c20-18-21-17(15-6-2-1-3-7-15)22-19(23-18)24-11-5-4-8-16(24)14-9-12-25-13-10-14/h14-16H,1-13H2,(H2,20,21,22,23). The number of ether oxygens (including phenoxy) is 1. The molecular weight excluding hydrogens is 314 g/mol. The van der Waals surface area contributed by atoms with Crippen LogP contribution in [0.4, 0.5) is 11.9 Å². The van der Waals surface area contributed by atoms with Crippen molar-refractivity contribution in [2.75, 3.05) is 30.4 Å². The minimum absolute atomic E-state index is 0.391. The van der Waals surface area contributed by atoms with E-state index in [9.17, 15) is 0 Å². The Morgan fingerprint density at radius 3 is 2.40 bits per heavy atom. The highest BCUT2D eigenvalue weighted by atomic mass is 16.5. The van der Waals surface area contributed by atoms with Crippen LogP contribution in [0.2, 0.25) is 0 Å². The van der Waals surface area contributed by atoms with Crippen molar-refractivity contribution in [3.63, 3.8) is 0 Å². The number of anilines is 2. The van der Waals surface area contributed by atoms with Crippen molar-refractivity contribution in [2.24, 2.45) is 5.92 Å². The van der Waals surface area contributed by atoms with Gasteiger partial charge in [-0.3, -0.25) is 0 Å². The van der Waals surface area contributed by atoms with Crippen LogP contribution in [0.5, 0.6) is 0 Å². The summed E-state index contributed by atoms with van der Waals surface area (Å²) in [5.41, 5.74) is 6.09. The summed E-state index contributed by atoms with van der Waals surface area (Å²) in [6.07, 6.45) is 12.3. The minimum Gasteiger partial charge on any atom is -0.381 e. The minimum atomic E-state index is 0.391. The average Bonchev–Trinajstić information content (AvgIpc) is 2.69. The summed E-state index contributed by atoms with van der Waals surface area (Å²) in [6, 6.07) is 0.527. The Morgan fingerprint density at radius 2 is 1.60 bits per heavy atom. The molecule has 1 aromatic heterocycles. The van der Waals surface area contributed by atoms with Gasteiger partial charge in [-0.15, -0.1) is 0 Å². The molecule has 2 aliphatic heterocycles. The highest BCUT2D eigenvalue weighted by Crippen LogP contribution is 2.34. The molecule has 3 heterocycles. The first-order valence-corrected chi connectivity index (χ1v) is 10.2. The van der Waals surface area contributed by atoms with Gasteiger partial charge in [0.25, 0.3) is 0 Å². The Morgan fingerprint density at radius 1 is 0.840 bits per heavy atom. The Labute approximate surface area is 150 Å². The normalized spacial score (nSPS) is 26.7. The van der Waals surface area contributed by atoms with Gasteiger partial charge in [0.1, 0.15) is 5.82 Å². The van der Waals surface area contributed by atoms with E-state index in [2.05, 4.69) is 14.9 Å². The summed E-state index contributed by atoms with van der Waals surface area (Å²) in [7, 11) is 0. The molecule has 2 N–H and O–H groups in total. The molecule has 6 heteroatoms. The molecule has 0 aromatic carbocycles. The van der Waals surface area contributed by atoms with Gasteiger partial charge in [0.2, 0.25) is 11.9 Å². The number of hydrogen-bond acceptors (Lipinski definition) is 6. The lowest BCUT2D eigenvalue weighted by Crippen LogP contribution is -2.47. The van der Waals surface area contributed by atoms with E-state index >= 15 is 0 Å². The summed E-state index contributed by atoms with van der Waals surface area (Å²) in [6.45, 7) is 2.82. The van der Waals surface area contributed by atoms with Crippen molar-refractivity contribution < 1.29 is 4.74 Å². The Bertz CT molecular complexity index is 569. The van der Waals surface area contributed by atoms with E-state index in [4.69, 9.17) is 15.5 Å². The van der Waals surface area contributed by atoms with Crippen LogP contribution in [0, 0.1) is 5.92 Å². The maximum atomic E-state index is 6.09. The predicted molar refractivity (Wildman–Crippen MR) is 98.6 cm³/mol. The van der Waals surface area contributed by atoms with Gasteiger partial charge in [-0.25, -0.2) is 0 Å². The second-order valence-electron chi connectivity index (χ2n) is 7.89. The molecule has 1 unspecified atom stereocenters. The Kier molecular flexibility index (Phi) is 5.34. The lowest BCUT2D eigenvalue weighted by molar-refractivity contribution is 0.0543. The molecule has 0 spiro atoms. The molecule has 3 fully saturated rings. The van der Waals surface area contributed by atoms with E-state index in [0.717, 1.165) is 44.4 Å². The van der Waals surface area contributed by atoms with Crippen molar-refractivity contribution in [1.29, 1.82) is 0 Å². The highest BCUT2D eigenvalue weighted by Gasteiger charge is 2.33. The van der Waals surface area contributed by atoms with Crippen LogP contribution in [0.3, 0.4) is 0 Å². The molecule has 3 aliphatic rings. The van der Waals surface area contributed by atoms with Crippen LogP contribution in [0.1, 0.15) is 76.0 Å². The molecule has 0 radical (unpaired) electrons. The molecule has 0 bridgehead atoms.